The van der Waals surface area contributed by atoms with Crippen LogP contribution >= 0.6 is 11.3 Å². The molecule has 0 radical (unpaired) electrons. The average Bonchev–Trinajstić information content (AvgIpc) is 3.36. The standard InChI is InChI=1S/C28H37N3O4S2/c1-4-16-37(34,35)31(3)23-13-9-12-22(18-23)28(33)30-26(17-21-10-7-6-8-11-21)27(32)20-29-19-25-15-14-24(5-2)36-25/h6-15,18,26-27,29,32H,4-5,16-17,19-20H2,1-3H3,(H,30,33)/t26-,27+/m0/s1. The number of benzene rings is 2. The maximum absolute atomic E-state index is 13.2. The monoisotopic (exact) mass is 543 g/mol. The summed E-state index contributed by atoms with van der Waals surface area (Å²) in [6.07, 6.45) is 1.14. The van der Waals surface area contributed by atoms with Crippen molar-refractivity contribution in [1.82, 2.24) is 10.6 Å². The highest BCUT2D eigenvalue weighted by atomic mass is 32.2. The lowest BCUT2D eigenvalue weighted by atomic mass is 10.0. The van der Waals surface area contributed by atoms with E-state index in [1.54, 1.807) is 35.6 Å². The SMILES string of the molecule is CCCS(=O)(=O)N(C)c1cccc(C(=O)N[C@@H](Cc2ccccc2)[C@H](O)CNCc2ccc(CC)s2)c1. The Hall–Kier alpha value is -2.72. The van der Waals surface area contributed by atoms with Crippen LogP contribution in [0.1, 0.15) is 45.9 Å². The van der Waals surface area contributed by atoms with Gasteiger partial charge in [-0.15, -0.1) is 11.3 Å². The van der Waals surface area contributed by atoms with Crippen LogP contribution in [0.4, 0.5) is 5.69 Å². The molecule has 3 N–H and O–H groups in total. The van der Waals surface area contributed by atoms with Gasteiger partial charge >= 0.3 is 0 Å². The molecule has 9 heteroatoms. The highest BCUT2D eigenvalue weighted by Gasteiger charge is 2.24. The second kappa shape index (κ2) is 13.7. The predicted molar refractivity (Wildman–Crippen MR) is 152 cm³/mol. The van der Waals surface area contributed by atoms with Crippen molar-refractivity contribution in [3.8, 4) is 0 Å². The average molecular weight is 544 g/mol. The van der Waals surface area contributed by atoms with E-state index in [4.69, 9.17) is 0 Å². The zero-order valence-electron chi connectivity index (χ0n) is 21.7. The fraction of sp³-hybridized carbons (Fsp3) is 0.393. The number of aliphatic hydroxyl groups is 1. The molecular formula is C28H37N3O4S2. The van der Waals surface area contributed by atoms with Gasteiger partial charge in [0, 0.05) is 35.5 Å². The van der Waals surface area contributed by atoms with Crippen LogP contribution in [0.3, 0.4) is 0 Å². The Kier molecular flexibility index (Phi) is 10.7. The fourth-order valence-corrected chi connectivity index (χ4v) is 6.15. The third kappa shape index (κ3) is 8.39. The Morgan fingerprint density at radius 3 is 2.43 bits per heavy atom. The molecule has 0 fully saturated rings. The van der Waals surface area contributed by atoms with Gasteiger partial charge in [0.2, 0.25) is 10.0 Å². The van der Waals surface area contributed by atoms with Crippen LogP contribution in [0.25, 0.3) is 0 Å². The molecule has 3 aromatic rings. The van der Waals surface area contributed by atoms with Crippen molar-refractivity contribution >= 4 is 33.0 Å². The number of rotatable bonds is 14. The number of thiophene rings is 1. The lowest BCUT2D eigenvalue weighted by Crippen LogP contribution is -2.48. The molecule has 7 nitrogen and oxygen atoms in total. The summed E-state index contributed by atoms with van der Waals surface area (Å²) in [7, 11) is -1.97. The van der Waals surface area contributed by atoms with E-state index < -0.39 is 22.2 Å². The molecule has 0 bridgehead atoms. The summed E-state index contributed by atoms with van der Waals surface area (Å²) in [5.74, 6) is -0.335. The van der Waals surface area contributed by atoms with Crippen LogP contribution in [-0.2, 0) is 29.4 Å². The van der Waals surface area contributed by atoms with Gasteiger partial charge in [0.25, 0.3) is 5.91 Å². The van der Waals surface area contributed by atoms with Crippen LogP contribution in [0.5, 0.6) is 0 Å². The Morgan fingerprint density at radius 1 is 1.03 bits per heavy atom. The topological polar surface area (TPSA) is 98.7 Å². The van der Waals surface area contributed by atoms with Crippen LogP contribution in [0.2, 0.25) is 0 Å². The van der Waals surface area contributed by atoms with E-state index in [1.165, 1.54) is 21.1 Å². The lowest BCUT2D eigenvalue weighted by Gasteiger charge is -2.25. The molecule has 200 valence electrons. The number of amides is 1. The van der Waals surface area contributed by atoms with Crippen LogP contribution in [0.15, 0.2) is 66.7 Å². The van der Waals surface area contributed by atoms with E-state index >= 15 is 0 Å². The number of hydrogen-bond acceptors (Lipinski definition) is 6. The summed E-state index contributed by atoms with van der Waals surface area (Å²) in [6, 6.07) is 19.9. The first kappa shape index (κ1) is 28.8. The van der Waals surface area contributed by atoms with E-state index in [0.29, 0.717) is 37.2 Å². The second-order valence-electron chi connectivity index (χ2n) is 9.02. The lowest BCUT2D eigenvalue weighted by molar-refractivity contribution is 0.0830. The minimum absolute atomic E-state index is 0.0312. The molecule has 0 unspecified atom stereocenters. The molecule has 0 spiro atoms. The van der Waals surface area contributed by atoms with Gasteiger partial charge in [-0.25, -0.2) is 8.42 Å². The molecule has 1 amide bonds. The Bertz CT molecular complexity index is 1250. The van der Waals surface area contributed by atoms with Gasteiger partial charge in [0.15, 0.2) is 0 Å². The molecule has 0 aliphatic rings. The highest BCUT2D eigenvalue weighted by molar-refractivity contribution is 7.92. The normalized spacial score (nSPS) is 13.2. The Labute approximate surface area is 224 Å². The zero-order valence-corrected chi connectivity index (χ0v) is 23.3. The number of carbonyl (C=O) groups is 1. The summed E-state index contributed by atoms with van der Waals surface area (Å²) in [6.45, 7) is 4.90. The van der Waals surface area contributed by atoms with E-state index in [2.05, 4.69) is 29.7 Å². The van der Waals surface area contributed by atoms with Crippen molar-refractivity contribution in [3.05, 3.63) is 87.6 Å². The van der Waals surface area contributed by atoms with Crippen molar-refractivity contribution in [1.29, 1.82) is 0 Å². The molecule has 3 rings (SSSR count). The number of hydrogen-bond donors (Lipinski definition) is 3. The molecule has 0 aliphatic carbocycles. The summed E-state index contributed by atoms with van der Waals surface area (Å²) in [4.78, 5) is 15.7. The summed E-state index contributed by atoms with van der Waals surface area (Å²) >= 11 is 1.75. The third-order valence-corrected chi connectivity index (χ3v) is 9.35. The van der Waals surface area contributed by atoms with Crippen molar-refractivity contribution < 1.29 is 18.3 Å². The first-order valence-electron chi connectivity index (χ1n) is 12.6. The summed E-state index contributed by atoms with van der Waals surface area (Å²) < 4.78 is 26.2. The number of sulfonamides is 1. The van der Waals surface area contributed by atoms with Gasteiger partial charge in [-0.1, -0.05) is 50.2 Å². The molecule has 1 aromatic heterocycles. The predicted octanol–water partition coefficient (Wildman–Crippen LogP) is 3.98. The number of nitrogens with zero attached hydrogens (tertiary/aromatic N) is 1. The first-order chi connectivity index (χ1) is 17.7. The molecule has 37 heavy (non-hydrogen) atoms. The molecular weight excluding hydrogens is 506 g/mol. The van der Waals surface area contributed by atoms with E-state index in [-0.39, 0.29) is 11.7 Å². The van der Waals surface area contributed by atoms with Gasteiger partial charge in [-0.3, -0.25) is 9.10 Å². The number of anilines is 1. The van der Waals surface area contributed by atoms with Gasteiger partial charge in [-0.05, 0) is 55.2 Å². The Morgan fingerprint density at radius 2 is 1.76 bits per heavy atom. The number of aryl methyl sites for hydroxylation is 1. The van der Waals surface area contributed by atoms with Gasteiger partial charge in [0.1, 0.15) is 0 Å². The smallest absolute Gasteiger partial charge is 0.251 e. The van der Waals surface area contributed by atoms with Gasteiger partial charge < -0.3 is 15.7 Å². The third-order valence-electron chi connectivity index (χ3n) is 6.15. The van der Waals surface area contributed by atoms with Gasteiger partial charge in [-0.2, -0.15) is 0 Å². The fourth-order valence-electron chi connectivity index (χ4n) is 3.99. The van der Waals surface area contributed by atoms with Crippen molar-refractivity contribution in [2.24, 2.45) is 0 Å². The molecule has 0 saturated heterocycles. The summed E-state index contributed by atoms with van der Waals surface area (Å²) in [5.41, 5.74) is 1.75. The quantitative estimate of drug-likeness (QED) is 0.286. The van der Waals surface area contributed by atoms with Crippen molar-refractivity contribution in [2.75, 3.05) is 23.7 Å². The maximum atomic E-state index is 13.2. The maximum Gasteiger partial charge on any atom is 0.251 e. The van der Waals surface area contributed by atoms with Crippen molar-refractivity contribution in [2.45, 2.75) is 51.8 Å². The van der Waals surface area contributed by atoms with Crippen LogP contribution in [-0.4, -0.2) is 50.9 Å². The molecule has 1 heterocycles. The molecule has 0 saturated carbocycles. The Balaban J connectivity index is 1.71. The minimum atomic E-state index is -3.46. The van der Waals surface area contributed by atoms with Crippen LogP contribution in [0, 0.1) is 0 Å². The summed E-state index contributed by atoms with van der Waals surface area (Å²) in [5, 5.41) is 17.3. The largest absolute Gasteiger partial charge is 0.390 e. The molecule has 0 aliphatic heterocycles. The van der Waals surface area contributed by atoms with Crippen LogP contribution < -0.4 is 14.9 Å². The zero-order chi connectivity index (χ0) is 26.8. The van der Waals surface area contributed by atoms with Gasteiger partial charge in [0.05, 0.1) is 23.6 Å². The minimum Gasteiger partial charge on any atom is -0.390 e. The van der Waals surface area contributed by atoms with E-state index in [9.17, 15) is 18.3 Å². The number of nitrogens with one attached hydrogen (secondary N) is 2. The molecule has 2 atom stereocenters. The molecule has 2 aromatic carbocycles. The second-order valence-corrected chi connectivity index (χ2v) is 12.4. The van der Waals surface area contributed by atoms with E-state index in [0.717, 1.165) is 12.0 Å². The number of carbonyl (C=O) groups excluding carboxylic acids is 1. The highest BCUT2D eigenvalue weighted by Crippen LogP contribution is 2.20. The van der Waals surface area contributed by atoms with E-state index in [1.807, 2.05) is 37.3 Å². The number of aliphatic hydroxyl groups excluding tert-OH is 1. The van der Waals surface area contributed by atoms with Crippen molar-refractivity contribution in [3.63, 3.8) is 0 Å². The first-order valence-corrected chi connectivity index (χ1v) is 15.0.